The van der Waals surface area contributed by atoms with Crippen LogP contribution in [0, 0.1) is 0 Å². The van der Waals surface area contributed by atoms with Gasteiger partial charge >= 0.3 is 0 Å². The molecule has 13 heteroatoms. The van der Waals surface area contributed by atoms with Crippen LogP contribution in [-0.4, -0.2) is 69.7 Å². The SMILES string of the molecule is COc1cc2c(c(O)c1[C@@H]1c3c(cc(O)c4c(=O)c5ccc(O)c(OC)c5n(C)c34)O[C@H]1C(C)(C)O)c(=O)c1ccc(OC)c(OC)c1n2C. The van der Waals surface area contributed by atoms with E-state index in [2.05, 4.69) is 0 Å². The average Bonchev–Trinajstić information content (AvgIpc) is 3.46. The van der Waals surface area contributed by atoms with Crippen LogP contribution in [-0.2, 0) is 14.1 Å². The van der Waals surface area contributed by atoms with Crippen LogP contribution in [0.1, 0.15) is 30.9 Å². The number of ether oxygens (including phenoxy) is 5. The molecule has 0 unspecified atom stereocenters. The highest BCUT2D eigenvalue weighted by Crippen LogP contribution is 2.56. The van der Waals surface area contributed by atoms with Crippen molar-refractivity contribution in [2.45, 2.75) is 31.5 Å². The van der Waals surface area contributed by atoms with Gasteiger partial charge in [-0.15, -0.1) is 0 Å². The largest absolute Gasteiger partial charge is 0.507 e. The van der Waals surface area contributed by atoms with E-state index < -0.39 is 34.2 Å². The van der Waals surface area contributed by atoms with Gasteiger partial charge in [0.05, 0.1) is 83.6 Å². The summed E-state index contributed by atoms with van der Waals surface area (Å²) in [5.41, 5.74) is -0.991. The minimum absolute atomic E-state index is 0.0278. The van der Waals surface area contributed by atoms with E-state index in [-0.39, 0.29) is 66.9 Å². The highest BCUT2D eigenvalue weighted by atomic mass is 16.5. The van der Waals surface area contributed by atoms with Crippen LogP contribution in [0.5, 0.6) is 46.0 Å². The van der Waals surface area contributed by atoms with Gasteiger partial charge in [0.25, 0.3) is 0 Å². The quantitative estimate of drug-likeness (QED) is 0.182. The van der Waals surface area contributed by atoms with Gasteiger partial charge in [-0.25, -0.2) is 0 Å². The fourth-order valence-electron chi connectivity index (χ4n) is 7.63. The summed E-state index contributed by atoms with van der Waals surface area (Å²) in [6, 6.07) is 8.90. The molecule has 4 N–H and O–H groups in total. The van der Waals surface area contributed by atoms with Gasteiger partial charge in [0, 0.05) is 37.4 Å². The third kappa shape index (κ3) is 4.22. The molecule has 260 valence electrons. The maximum Gasteiger partial charge on any atom is 0.201 e. The maximum atomic E-state index is 14.3. The van der Waals surface area contributed by atoms with Crippen LogP contribution in [0.3, 0.4) is 0 Å². The fourth-order valence-corrected chi connectivity index (χ4v) is 7.63. The summed E-state index contributed by atoms with van der Waals surface area (Å²) in [7, 11) is 9.09. The first kappa shape index (κ1) is 32.7. The number of fused-ring (bicyclic) bond motifs is 6. The molecule has 1 aliphatic rings. The second-order valence-corrected chi connectivity index (χ2v) is 12.9. The number of hydrogen-bond donors (Lipinski definition) is 4. The normalized spacial score (nSPS) is 15.9. The number of aliphatic hydroxyl groups is 1. The molecule has 4 aromatic carbocycles. The van der Waals surface area contributed by atoms with Crippen LogP contribution in [0.15, 0.2) is 46.0 Å². The molecule has 2 atom stereocenters. The summed E-state index contributed by atoms with van der Waals surface area (Å²) >= 11 is 0. The molecule has 1 aliphatic heterocycles. The van der Waals surface area contributed by atoms with E-state index in [1.165, 1.54) is 60.5 Å². The van der Waals surface area contributed by atoms with Crippen LogP contribution in [0.2, 0.25) is 0 Å². The van der Waals surface area contributed by atoms with E-state index in [4.69, 9.17) is 23.7 Å². The van der Waals surface area contributed by atoms with Crippen LogP contribution in [0.25, 0.3) is 43.6 Å². The van der Waals surface area contributed by atoms with Crippen molar-refractivity contribution in [2.75, 3.05) is 28.4 Å². The zero-order valence-corrected chi connectivity index (χ0v) is 28.7. The molecular weight excluding hydrogens is 648 g/mol. The summed E-state index contributed by atoms with van der Waals surface area (Å²) in [4.78, 5) is 28.4. The van der Waals surface area contributed by atoms with E-state index >= 15 is 0 Å². The number of hydrogen-bond acceptors (Lipinski definition) is 11. The predicted octanol–water partition coefficient (Wildman–Crippen LogP) is 4.51. The molecule has 0 saturated carbocycles. The first-order valence-corrected chi connectivity index (χ1v) is 15.7. The van der Waals surface area contributed by atoms with E-state index in [1.807, 2.05) is 0 Å². The van der Waals surface area contributed by atoms with Crippen molar-refractivity contribution in [3.05, 3.63) is 68.0 Å². The predicted molar refractivity (Wildman–Crippen MR) is 187 cm³/mol. The van der Waals surface area contributed by atoms with Gasteiger partial charge in [0.1, 0.15) is 29.1 Å². The van der Waals surface area contributed by atoms with Crippen molar-refractivity contribution >= 4 is 43.6 Å². The molecule has 50 heavy (non-hydrogen) atoms. The molecule has 0 bridgehead atoms. The number of phenols is 3. The second-order valence-electron chi connectivity index (χ2n) is 12.9. The van der Waals surface area contributed by atoms with Crippen molar-refractivity contribution in [3.63, 3.8) is 0 Å². The van der Waals surface area contributed by atoms with Crippen LogP contribution in [0.4, 0.5) is 0 Å². The zero-order valence-electron chi connectivity index (χ0n) is 28.7. The lowest BCUT2D eigenvalue weighted by atomic mass is 9.79. The Morgan fingerprint density at radius 2 is 1.30 bits per heavy atom. The van der Waals surface area contributed by atoms with E-state index in [0.717, 1.165) is 0 Å². The lowest BCUT2D eigenvalue weighted by Crippen LogP contribution is -2.42. The molecule has 0 fully saturated rings. The minimum Gasteiger partial charge on any atom is -0.507 e. The summed E-state index contributed by atoms with van der Waals surface area (Å²) in [5.74, 6) is -1.01. The smallest absolute Gasteiger partial charge is 0.201 e. The van der Waals surface area contributed by atoms with Crippen molar-refractivity contribution < 1.29 is 44.1 Å². The minimum atomic E-state index is -1.58. The van der Waals surface area contributed by atoms with Crippen molar-refractivity contribution in [1.82, 2.24) is 9.13 Å². The Morgan fingerprint density at radius 3 is 1.90 bits per heavy atom. The maximum absolute atomic E-state index is 14.3. The van der Waals surface area contributed by atoms with E-state index in [9.17, 15) is 30.0 Å². The molecule has 2 aromatic heterocycles. The number of aryl methyl sites for hydroxylation is 2. The van der Waals surface area contributed by atoms with E-state index in [0.29, 0.717) is 28.1 Å². The number of nitrogens with zero attached hydrogens (tertiary/aromatic N) is 2. The summed E-state index contributed by atoms with van der Waals surface area (Å²) in [6.07, 6.45) is -1.12. The summed E-state index contributed by atoms with van der Waals surface area (Å²) < 4.78 is 32.2. The Hall–Kier alpha value is -5.82. The highest BCUT2D eigenvalue weighted by Gasteiger charge is 2.49. The fraction of sp³-hybridized carbons (Fsp3) is 0.297. The molecule has 13 nitrogen and oxygen atoms in total. The number of pyridine rings is 2. The van der Waals surface area contributed by atoms with Crippen molar-refractivity contribution in [1.29, 1.82) is 0 Å². The van der Waals surface area contributed by atoms with Crippen molar-refractivity contribution in [3.8, 4) is 46.0 Å². The Morgan fingerprint density at radius 1 is 0.700 bits per heavy atom. The molecule has 0 radical (unpaired) electrons. The Balaban J connectivity index is 1.67. The van der Waals surface area contributed by atoms with Gasteiger partial charge in [-0.1, -0.05) is 0 Å². The second kappa shape index (κ2) is 11.1. The lowest BCUT2D eigenvalue weighted by Gasteiger charge is -2.31. The first-order chi connectivity index (χ1) is 23.7. The van der Waals surface area contributed by atoms with E-state index in [1.54, 1.807) is 41.4 Å². The molecular formula is C37H36N2O11. The third-order valence-electron chi connectivity index (χ3n) is 9.80. The van der Waals surface area contributed by atoms with Gasteiger partial charge in [0.15, 0.2) is 23.0 Å². The number of aromatic hydroxyl groups is 3. The molecule has 7 rings (SSSR count). The molecule has 0 aliphatic carbocycles. The topological polar surface area (TPSA) is 171 Å². The van der Waals surface area contributed by atoms with Crippen LogP contribution >= 0.6 is 0 Å². The summed E-state index contributed by atoms with van der Waals surface area (Å²) in [5, 5.41) is 46.2. The molecule has 3 heterocycles. The Kier molecular flexibility index (Phi) is 7.26. The van der Waals surface area contributed by atoms with Gasteiger partial charge < -0.3 is 53.2 Å². The first-order valence-electron chi connectivity index (χ1n) is 15.7. The number of aromatic nitrogens is 2. The number of phenolic OH excluding ortho intramolecular Hbond substituents is 3. The standard InChI is InChI=1S/C37H36N2O11/c1-37(2,45)36-27(25-22(50-36)14-19(41)24-30(25)39(4)28-15(32(24)43)9-11-18(40)34(28)48-7)26-21(47-6)13-17-23(33(26)44)31(42)16-10-12-20(46-5)35(49-8)29(16)38(17)3/h9-14,27,36,40-41,44-45H,1-8H3/t27-,36+/m0/s1. The number of methoxy groups -OCH3 is 4. The lowest BCUT2D eigenvalue weighted by molar-refractivity contribution is -0.0300. The van der Waals surface area contributed by atoms with Gasteiger partial charge in [-0.2, -0.15) is 0 Å². The Labute approximate surface area is 284 Å². The number of benzene rings is 4. The Bertz CT molecular complexity index is 2560. The average molecular weight is 685 g/mol. The molecule has 6 aromatic rings. The highest BCUT2D eigenvalue weighted by molar-refractivity contribution is 6.04. The van der Waals surface area contributed by atoms with Gasteiger partial charge in [0.2, 0.25) is 10.9 Å². The number of rotatable bonds is 6. The molecule has 0 spiro atoms. The molecule has 0 amide bonds. The third-order valence-corrected chi connectivity index (χ3v) is 9.80. The zero-order chi connectivity index (χ0) is 36.1. The van der Waals surface area contributed by atoms with Crippen LogP contribution < -0.4 is 34.5 Å². The molecule has 0 saturated heterocycles. The monoisotopic (exact) mass is 684 g/mol. The summed E-state index contributed by atoms with van der Waals surface area (Å²) in [6.45, 7) is 3.07. The van der Waals surface area contributed by atoms with Crippen molar-refractivity contribution in [2.24, 2.45) is 14.1 Å². The van der Waals surface area contributed by atoms with Gasteiger partial charge in [-0.05, 0) is 38.1 Å². The van der Waals surface area contributed by atoms with Gasteiger partial charge in [-0.3, -0.25) is 9.59 Å².